The van der Waals surface area contributed by atoms with Gasteiger partial charge in [-0.25, -0.2) is 0 Å². The maximum absolute atomic E-state index is 5.54. The van der Waals surface area contributed by atoms with Gasteiger partial charge in [0.15, 0.2) is 4.77 Å². The van der Waals surface area contributed by atoms with Gasteiger partial charge < -0.3 is 10.3 Å². The lowest BCUT2D eigenvalue weighted by molar-refractivity contribution is 0.491. The molecule has 1 saturated carbocycles. The smallest absolute Gasteiger partial charge is 0.195 e. The van der Waals surface area contributed by atoms with E-state index in [9.17, 15) is 0 Å². The summed E-state index contributed by atoms with van der Waals surface area (Å²) in [7, 11) is 0. The third-order valence-electron chi connectivity index (χ3n) is 2.84. The van der Waals surface area contributed by atoms with Gasteiger partial charge in [-0.15, -0.1) is 0 Å². The highest BCUT2D eigenvalue weighted by Crippen LogP contribution is 2.30. The number of hydrogen-bond acceptors (Lipinski definition) is 3. The number of H-pyrrole nitrogens is 1. The molecule has 0 saturated heterocycles. The monoisotopic (exact) mass is 212 g/mol. The number of nitrogens with one attached hydrogen (secondary N) is 1. The Morgan fingerprint density at radius 3 is 2.86 bits per heavy atom. The lowest BCUT2D eigenvalue weighted by atomic mass is 10.2. The van der Waals surface area contributed by atoms with Gasteiger partial charge in [0, 0.05) is 12.5 Å². The molecule has 0 aromatic carbocycles. The van der Waals surface area contributed by atoms with Crippen LogP contribution in [0.5, 0.6) is 0 Å². The lowest BCUT2D eigenvalue weighted by Crippen LogP contribution is -2.13. The second-order valence-corrected chi connectivity index (χ2v) is 4.18. The van der Waals surface area contributed by atoms with Crippen LogP contribution in [-0.4, -0.2) is 21.3 Å². The Hall–Kier alpha value is -0.680. The predicted octanol–water partition coefficient (Wildman–Crippen LogP) is 1.56. The molecule has 0 amide bonds. The highest BCUT2D eigenvalue weighted by Gasteiger charge is 2.20. The number of nitrogens with zero attached hydrogens (tertiary/aromatic N) is 2. The summed E-state index contributed by atoms with van der Waals surface area (Å²) in [6, 6.07) is 0.558. The highest BCUT2D eigenvalue weighted by atomic mass is 32.1. The van der Waals surface area contributed by atoms with Gasteiger partial charge in [0.2, 0.25) is 0 Å². The van der Waals surface area contributed by atoms with Crippen LogP contribution in [0.15, 0.2) is 0 Å². The van der Waals surface area contributed by atoms with Gasteiger partial charge in [0.05, 0.1) is 0 Å². The van der Waals surface area contributed by atoms with Crippen LogP contribution < -0.4 is 5.73 Å². The first-order chi connectivity index (χ1) is 6.83. The molecule has 0 spiro atoms. The Morgan fingerprint density at radius 2 is 2.21 bits per heavy atom. The molecule has 14 heavy (non-hydrogen) atoms. The summed E-state index contributed by atoms with van der Waals surface area (Å²) < 4.78 is 2.91. The van der Waals surface area contributed by atoms with E-state index in [-0.39, 0.29) is 0 Å². The molecule has 0 unspecified atom stereocenters. The zero-order valence-electron chi connectivity index (χ0n) is 8.20. The van der Waals surface area contributed by atoms with Crippen LogP contribution in [0.1, 0.15) is 37.5 Å². The molecule has 0 radical (unpaired) electrons. The first-order valence-electron chi connectivity index (χ1n) is 5.19. The van der Waals surface area contributed by atoms with Crippen molar-refractivity contribution >= 4 is 12.2 Å². The molecule has 0 bridgehead atoms. The quantitative estimate of drug-likeness (QED) is 0.747. The third-order valence-corrected chi connectivity index (χ3v) is 3.12. The second kappa shape index (κ2) is 4.23. The summed E-state index contributed by atoms with van der Waals surface area (Å²) in [4.78, 5) is 0. The van der Waals surface area contributed by atoms with Crippen LogP contribution in [0.2, 0.25) is 0 Å². The van der Waals surface area contributed by atoms with Crippen molar-refractivity contribution in [1.82, 2.24) is 14.8 Å². The third kappa shape index (κ3) is 1.74. The Kier molecular flexibility index (Phi) is 2.98. The van der Waals surface area contributed by atoms with Crippen LogP contribution >= 0.6 is 12.2 Å². The summed E-state index contributed by atoms with van der Waals surface area (Å²) >= 11 is 5.23. The number of hydrogen-bond donors (Lipinski definition) is 2. The van der Waals surface area contributed by atoms with Crippen molar-refractivity contribution in [2.75, 3.05) is 6.54 Å². The fraction of sp³-hybridized carbons (Fsp3) is 0.778. The van der Waals surface area contributed by atoms with Crippen LogP contribution in [-0.2, 0) is 6.42 Å². The molecule has 0 aliphatic heterocycles. The SMILES string of the molecule is NCCc1n[nH]c(=S)n1C1CCCC1. The Balaban J connectivity index is 2.28. The predicted molar refractivity (Wildman–Crippen MR) is 57.7 cm³/mol. The molecule has 1 aliphatic rings. The molecule has 1 aromatic rings. The maximum atomic E-state index is 5.54. The Morgan fingerprint density at radius 1 is 1.50 bits per heavy atom. The fourth-order valence-electron chi connectivity index (χ4n) is 2.18. The standard InChI is InChI=1S/C9H16N4S/c10-6-5-8-11-12-9(14)13(8)7-3-1-2-4-7/h7H,1-6,10H2,(H,12,14). The first kappa shape index (κ1) is 9.86. The molecular weight excluding hydrogens is 196 g/mol. The summed E-state index contributed by atoms with van der Waals surface area (Å²) in [6.07, 6.45) is 5.87. The van der Waals surface area contributed by atoms with Crippen molar-refractivity contribution in [3.63, 3.8) is 0 Å². The number of aromatic nitrogens is 3. The molecule has 0 atom stereocenters. The average molecular weight is 212 g/mol. The van der Waals surface area contributed by atoms with E-state index >= 15 is 0 Å². The largest absolute Gasteiger partial charge is 0.330 e. The van der Waals surface area contributed by atoms with Gasteiger partial charge >= 0.3 is 0 Å². The zero-order valence-corrected chi connectivity index (χ0v) is 9.02. The number of aromatic amines is 1. The molecular formula is C9H16N4S. The molecule has 78 valence electrons. The van der Waals surface area contributed by atoms with Crippen molar-refractivity contribution in [1.29, 1.82) is 0 Å². The minimum atomic E-state index is 0.558. The van der Waals surface area contributed by atoms with Crippen LogP contribution in [0.3, 0.4) is 0 Å². The van der Waals surface area contributed by atoms with Gasteiger partial charge in [-0.05, 0) is 31.6 Å². The van der Waals surface area contributed by atoms with Crippen LogP contribution in [0.4, 0.5) is 0 Å². The number of nitrogens with two attached hydrogens (primary N) is 1. The Labute approximate surface area is 88.5 Å². The Bertz CT molecular complexity index is 348. The fourth-order valence-corrected chi connectivity index (χ4v) is 2.48. The van der Waals surface area contributed by atoms with Crippen molar-refractivity contribution < 1.29 is 0 Å². The molecule has 1 aliphatic carbocycles. The van der Waals surface area contributed by atoms with Crippen LogP contribution in [0.25, 0.3) is 0 Å². The normalized spacial score (nSPS) is 17.8. The zero-order chi connectivity index (χ0) is 9.97. The average Bonchev–Trinajstić information content (AvgIpc) is 2.76. The van der Waals surface area contributed by atoms with Gasteiger partial charge in [-0.3, -0.25) is 5.10 Å². The maximum Gasteiger partial charge on any atom is 0.195 e. The second-order valence-electron chi connectivity index (χ2n) is 3.79. The molecule has 2 rings (SSSR count). The van der Waals surface area contributed by atoms with Crippen molar-refractivity contribution in [2.45, 2.75) is 38.1 Å². The molecule has 4 nitrogen and oxygen atoms in total. The van der Waals surface area contributed by atoms with E-state index in [1.807, 2.05) is 0 Å². The van der Waals surface area contributed by atoms with E-state index in [1.165, 1.54) is 25.7 Å². The summed E-state index contributed by atoms with van der Waals surface area (Å²) in [5, 5.41) is 7.08. The van der Waals surface area contributed by atoms with Gasteiger partial charge in [0.25, 0.3) is 0 Å². The van der Waals surface area contributed by atoms with Gasteiger partial charge in [-0.2, -0.15) is 5.10 Å². The summed E-state index contributed by atoms with van der Waals surface area (Å²) in [5.74, 6) is 1.02. The molecule has 1 fully saturated rings. The van der Waals surface area contributed by atoms with E-state index in [0.29, 0.717) is 12.6 Å². The number of rotatable bonds is 3. The van der Waals surface area contributed by atoms with Gasteiger partial charge in [0.1, 0.15) is 5.82 Å². The highest BCUT2D eigenvalue weighted by molar-refractivity contribution is 7.71. The van der Waals surface area contributed by atoms with Crippen molar-refractivity contribution in [3.8, 4) is 0 Å². The van der Waals surface area contributed by atoms with E-state index in [0.717, 1.165) is 17.0 Å². The van der Waals surface area contributed by atoms with Crippen LogP contribution in [0, 0.1) is 4.77 Å². The topological polar surface area (TPSA) is 59.6 Å². The molecule has 5 heteroatoms. The minimum Gasteiger partial charge on any atom is -0.330 e. The molecule has 1 heterocycles. The molecule has 1 aromatic heterocycles. The van der Waals surface area contributed by atoms with E-state index in [2.05, 4.69) is 14.8 Å². The van der Waals surface area contributed by atoms with Crippen molar-refractivity contribution in [3.05, 3.63) is 10.6 Å². The minimum absolute atomic E-state index is 0.558. The van der Waals surface area contributed by atoms with E-state index in [4.69, 9.17) is 18.0 Å². The van der Waals surface area contributed by atoms with E-state index in [1.54, 1.807) is 0 Å². The summed E-state index contributed by atoms with van der Waals surface area (Å²) in [5.41, 5.74) is 5.54. The van der Waals surface area contributed by atoms with Crippen molar-refractivity contribution in [2.24, 2.45) is 5.73 Å². The lowest BCUT2D eigenvalue weighted by Gasteiger charge is -2.13. The molecule has 3 N–H and O–H groups in total. The van der Waals surface area contributed by atoms with E-state index < -0.39 is 0 Å². The first-order valence-corrected chi connectivity index (χ1v) is 5.59. The summed E-state index contributed by atoms with van der Waals surface area (Å²) in [6.45, 7) is 0.631. The van der Waals surface area contributed by atoms with Gasteiger partial charge in [-0.1, -0.05) is 12.8 Å².